The highest BCUT2D eigenvalue weighted by Gasteiger charge is 2.16. The largest absolute Gasteiger partial charge is 0.465 e. The molecule has 0 atom stereocenters. The number of methoxy groups -OCH3 is 1. The normalized spacial score (nSPS) is 11.1. The minimum Gasteiger partial charge on any atom is -0.465 e. The van der Waals surface area contributed by atoms with Crippen molar-refractivity contribution >= 4 is 23.5 Å². The van der Waals surface area contributed by atoms with Crippen molar-refractivity contribution < 1.29 is 13.9 Å². The Labute approximate surface area is 137 Å². The van der Waals surface area contributed by atoms with E-state index in [4.69, 9.17) is 9.15 Å². The molecule has 120 valence electrons. The van der Waals surface area contributed by atoms with Gasteiger partial charge in [0.25, 0.3) is 5.78 Å². The molecule has 0 spiro atoms. The van der Waals surface area contributed by atoms with Crippen molar-refractivity contribution in [2.45, 2.75) is 31.7 Å². The van der Waals surface area contributed by atoms with Crippen LogP contribution in [0, 0.1) is 20.8 Å². The van der Waals surface area contributed by atoms with E-state index in [-0.39, 0.29) is 0 Å². The van der Waals surface area contributed by atoms with Gasteiger partial charge in [-0.15, -0.1) is 5.10 Å². The fraction of sp³-hybridized carbons (Fsp3) is 0.333. The van der Waals surface area contributed by atoms with Gasteiger partial charge >= 0.3 is 5.97 Å². The van der Waals surface area contributed by atoms with E-state index in [2.05, 4.69) is 15.1 Å². The van der Waals surface area contributed by atoms with Crippen LogP contribution in [0.4, 0.5) is 0 Å². The third-order valence-corrected chi connectivity index (χ3v) is 4.18. The number of ether oxygens (including phenoxy) is 1. The van der Waals surface area contributed by atoms with Crippen LogP contribution in [0.2, 0.25) is 0 Å². The lowest BCUT2D eigenvalue weighted by Gasteiger charge is -1.97. The Hall–Kier alpha value is -2.35. The van der Waals surface area contributed by atoms with E-state index in [0.717, 1.165) is 11.4 Å². The lowest BCUT2D eigenvalue weighted by Crippen LogP contribution is -2.00. The van der Waals surface area contributed by atoms with Crippen molar-refractivity contribution in [1.29, 1.82) is 0 Å². The molecule has 0 unspecified atom stereocenters. The lowest BCUT2D eigenvalue weighted by atomic mass is 10.2. The molecule has 8 heteroatoms. The van der Waals surface area contributed by atoms with E-state index in [9.17, 15) is 4.79 Å². The first-order valence-corrected chi connectivity index (χ1v) is 7.98. The topological polar surface area (TPSA) is 82.5 Å². The van der Waals surface area contributed by atoms with Crippen molar-refractivity contribution in [3.05, 3.63) is 40.6 Å². The van der Waals surface area contributed by atoms with Gasteiger partial charge in [-0.3, -0.25) is 0 Å². The number of esters is 1. The smallest absolute Gasteiger partial charge is 0.341 e. The summed E-state index contributed by atoms with van der Waals surface area (Å²) in [5.41, 5.74) is 2.33. The molecule has 0 aliphatic carbocycles. The van der Waals surface area contributed by atoms with E-state index in [1.54, 1.807) is 17.5 Å². The monoisotopic (exact) mass is 332 g/mol. The van der Waals surface area contributed by atoms with Crippen LogP contribution in [-0.4, -0.2) is 32.7 Å². The minimum absolute atomic E-state index is 0.399. The fourth-order valence-corrected chi connectivity index (χ4v) is 2.97. The summed E-state index contributed by atoms with van der Waals surface area (Å²) in [6, 6.07) is 3.65. The molecule has 0 saturated carbocycles. The fourth-order valence-electron chi connectivity index (χ4n) is 2.27. The zero-order valence-electron chi connectivity index (χ0n) is 13.3. The third kappa shape index (κ3) is 3.07. The maximum Gasteiger partial charge on any atom is 0.341 e. The van der Waals surface area contributed by atoms with E-state index in [1.807, 2.05) is 19.9 Å². The van der Waals surface area contributed by atoms with Crippen molar-refractivity contribution in [3.63, 3.8) is 0 Å². The number of rotatable bonds is 4. The maximum atomic E-state index is 11.6. The van der Waals surface area contributed by atoms with Gasteiger partial charge < -0.3 is 9.15 Å². The molecule has 3 rings (SSSR count). The predicted molar refractivity (Wildman–Crippen MR) is 84.6 cm³/mol. The molecule has 0 aromatic carbocycles. The van der Waals surface area contributed by atoms with Gasteiger partial charge in [0.05, 0.1) is 12.9 Å². The number of furan rings is 1. The van der Waals surface area contributed by atoms with E-state index in [0.29, 0.717) is 33.8 Å². The van der Waals surface area contributed by atoms with Gasteiger partial charge in [-0.25, -0.2) is 14.3 Å². The molecule has 0 saturated heterocycles. The Bertz CT molecular complexity index is 884. The van der Waals surface area contributed by atoms with Gasteiger partial charge in [0.1, 0.15) is 17.1 Å². The first kappa shape index (κ1) is 15.5. The van der Waals surface area contributed by atoms with Gasteiger partial charge in [0.15, 0.2) is 0 Å². The Morgan fingerprint density at radius 2 is 2.09 bits per heavy atom. The second-order valence-corrected chi connectivity index (χ2v) is 6.05. The number of fused-ring (bicyclic) bond motifs is 1. The molecule has 0 amide bonds. The number of carbonyl (C=O) groups excluding carboxylic acids is 1. The standard InChI is InChI=1S/C15H16N4O3S/c1-8-5-9(2)19-14(16-8)17-15(18-19)23-7-11-6-12(10(3)22-11)13(20)21-4/h5-6H,7H2,1-4H3. The summed E-state index contributed by atoms with van der Waals surface area (Å²) in [7, 11) is 1.35. The van der Waals surface area contributed by atoms with Gasteiger partial charge in [-0.2, -0.15) is 4.98 Å². The van der Waals surface area contributed by atoms with Crippen LogP contribution in [0.15, 0.2) is 21.7 Å². The van der Waals surface area contributed by atoms with Gasteiger partial charge in [0.2, 0.25) is 5.16 Å². The number of carbonyl (C=O) groups is 1. The zero-order valence-corrected chi connectivity index (χ0v) is 14.1. The summed E-state index contributed by atoms with van der Waals surface area (Å²) in [6.07, 6.45) is 0. The van der Waals surface area contributed by atoms with Crippen molar-refractivity contribution in [2.75, 3.05) is 7.11 Å². The first-order valence-electron chi connectivity index (χ1n) is 6.99. The molecular weight excluding hydrogens is 316 g/mol. The number of thioether (sulfide) groups is 1. The van der Waals surface area contributed by atoms with Gasteiger partial charge in [-0.1, -0.05) is 11.8 Å². The number of nitrogens with zero attached hydrogens (tertiary/aromatic N) is 4. The van der Waals surface area contributed by atoms with E-state index in [1.165, 1.54) is 18.9 Å². The number of hydrogen-bond acceptors (Lipinski definition) is 7. The van der Waals surface area contributed by atoms with Crippen LogP contribution in [0.1, 0.15) is 33.3 Å². The molecule has 7 nitrogen and oxygen atoms in total. The van der Waals surface area contributed by atoms with Crippen LogP contribution >= 0.6 is 11.8 Å². The molecule has 0 radical (unpaired) electrons. The molecule has 3 aromatic heterocycles. The summed E-state index contributed by atoms with van der Waals surface area (Å²) >= 11 is 1.43. The molecule has 0 aliphatic rings. The average molecular weight is 332 g/mol. The second-order valence-electron chi connectivity index (χ2n) is 5.11. The highest BCUT2D eigenvalue weighted by molar-refractivity contribution is 7.98. The highest BCUT2D eigenvalue weighted by atomic mass is 32.2. The van der Waals surface area contributed by atoms with Crippen LogP contribution in [-0.2, 0) is 10.5 Å². The molecule has 3 heterocycles. The third-order valence-electron chi connectivity index (χ3n) is 3.32. The highest BCUT2D eigenvalue weighted by Crippen LogP contribution is 2.24. The zero-order chi connectivity index (χ0) is 16.6. The number of aromatic nitrogens is 4. The van der Waals surface area contributed by atoms with Crippen LogP contribution in [0.5, 0.6) is 0 Å². The minimum atomic E-state index is -0.399. The van der Waals surface area contributed by atoms with Crippen molar-refractivity contribution in [1.82, 2.24) is 19.6 Å². The molecular formula is C15H16N4O3S. The molecule has 3 aromatic rings. The molecule has 0 fully saturated rings. The van der Waals surface area contributed by atoms with E-state index < -0.39 is 5.97 Å². The Morgan fingerprint density at radius 1 is 1.30 bits per heavy atom. The van der Waals surface area contributed by atoms with E-state index >= 15 is 0 Å². The Morgan fingerprint density at radius 3 is 2.83 bits per heavy atom. The summed E-state index contributed by atoms with van der Waals surface area (Å²) < 4.78 is 12.0. The molecule has 0 aliphatic heterocycles. The van der Waals surface area contributed by atoms with Crippen LogP contribution in [0.3, 0.4) is 0 Å². The first-order chi connectivity index (χ1) is 11.0. The number of aryl methyl sites for hydroxylation is 3. The van der Waals surface area contributed by atoms with Gasteiger partial charge in [-0.05, 0) is 32.9 Å². The summed E-state index contributed by atoms with van der Waals surface area (Å²) in [6.45, 7) is 5.62. The van der Waals surface area contributed by atoms with Crippen molar-refractivity contribution in [2.24, 2.45) is 0 Å². The van der Waals surface area contributed by atoms with Crippen molar-refractivity contribution in [3.8, 4) is 0 Å². The second kappa shape index (κ2) is 6.04. The maximum absolute atomic E-state index is 11.6. The van der Waals surface area contributed by atoms with Crippen LogP contribution in [0.25, 0.3) is 5.78 Å². The SMILES string of the molecule is COC(=O)c1cc(CSc2nc3nc(C)cc(C)n3n2)oc1C. The lowest BCUT2D eigenvalue weighted by molar-refractivity contribution is 0.0599. The summed E-state index contributed by atoms with van der Waals surface area (Å²) in [5, 5.41) is 5.03. The quantitative estimate of drug-likeness (QED) is 0.536. The summed E-state index contributed by atoms with van der Waals surface area (Å²) in [4.78, 5) is 20.3. The average Bonchev–Trinajstić information content (AvgIpc) is 3.07. The Kier molecular flexibility index (Phi) is 4.08. The Balaban J connectivity index is 1.78. The molecule has 0 N–H and O–H groups in total. The number of hydrogen-bond donors (Lipinski definition) is 0. The van der Waals surface area contributed by atoms with Gasteiger partial charge in [0, 0.05) is 11.4 Å². The summed E-state index contributed by atoms with van der Waals surface area (Å²) in [5.74, 6) is 1.92. The molecule has 23 heavy (non-hydrogen) atoms. The predicted octanol–water partition coefficient (Wildman–Crippen LogP) is 2.72. The van der Waals surface area contributed by atoms with Crippen LogP contribution < -0.4 is 0 Å². The molecule has 0 bridgehead atoms.